The summed E-state index contributed by atoms with van der Waals surface area (Å²) >= 11 is 0. The molecule has 4 aromatic rings. The summed E-state index contributed by atoms with van der Waals surface area (Å²) in [6, 6.07) is 32.4. The molecule has 0 nitrogen and oxygen atoms in total. The molecule has 142 valence electrons. The van der Waals surface area contributed by atoms with E-state index in [0.29, 0.717) is 5.92 Å². The first-order chi connectivity index (χ1) is 13.7. The van der Waals surface area contributed by atoms with Crippen molar-refractivity contribution in [2.75, 3.05) is 0 Å². The highest BCUT2D eigenvalue weighted by molar-refractivity contribution is 5.86. The van der Waals surface area contributed by atoms with Crippen molar-refractivity contribution < 1.29 is 0 Å². The summed E-state index contributed by atoms with van der Waals surface area (Å²) < 4.78 is 0. The Morgan fingerprint density at radius 2 is 1.07 bits per heavy atom. The number of hydrogen-bond acceptors (Lipinski definition) is 0. The Labute approximate surface area is 169 Å². The molecular formula is C28H30. The second-order valence-corrected chi connectivity index (χ2v) is 7.21. The lowest BCUT2D eigenvalue weighted by Gasteiger charge is -2.08. The summed E-state index contributed by atoms with van der Waals surface area (Å²) in [6.07, 6.45) is 1.10. The third kappa shape index (κ3) is 4.17. The largest absolute Gasteiger partial charge is 0.0683 e. The summed E-state index contributed by atoms with van der Waals surface area (Å²) in [7, 11) is 0. The first-order valence-corrected chi connectivity index (χ1v) is 10.4. The first kappa shape index (κ1) is 19.9. The quantitative estimate of drug-likeness (QED) is 0.280. The molecule has 0 spiro atoms. The van der Waals surface area contributed by atoms with Crippen molar-refractivity contribution >= 4 is 10.8 Å². The van der Waals surface area contributed by atoms with Crippen LogP contribution in [0.2, 0.25) is 0 Å². The third-order valence-electron chi connectivity index (χ3n) is 5.15. The molecule has 4 aromatic carbocycles. The van der Waals surface area contributed by atoms with Gasteiger partial charge in [-0.3, -0.25) is 0 Å². The van der Waals surface area contributed by atoms with Crippen molar-refractivity contribution in [3.05, 3.63) is 108 Å². The van der Waals surface area contributed by atoms with Crippen molar-refractivity contribution in [3.8, 4) is 11.1 Å². The zero-order valence-corrected chi connectivity index (χ0v) is 17.4. The van der Waals surface area contributed by atoms with E-state index >= 15 is 0 Å². The molecule has 5 rings (SSSR count). The van der Waals surface area contributed by atoms with E-state index in [1.807, 2.05) is 13.8 Å². The van der Waals surface area contributed by atoms with Crippen LogP contribution in [-0.2, 0) is 6.42 Å². The van der Waals surface area contributed by atoms with E-state index < -0.39 is 0 Å². The minimum Gasteiger partial charge on any atom is -0.0683 e. The molecular weight excluding hydrogens is 336 g/mol. The zero-order chi connectivity index (χ0) is 19.9. The van der Waals surface area contributed by atoms with Crippen LogP contribution < -0.4 is 0 Å². The van der Waals surface area contributed by atoms with Crippen LogP contribution in [0.5, 0.6) is 0 Å². The van der Waals surface area contributed by atoms with Gasteiger partial charge in [-0.2, -0.15) is 0 Å². The predicted molar refractivity (Wildman–Crippen MR) is 124 cm³/mol. The summed E-state index contributed by atoms with van der Waals surface area (Å²) in [4.78, 5) is 0. The van der Waals surface area contributed by atoms with E-state index in [4.69, 9.17) is 0 Å². The summed E-state index contributed by atoms with van der Waals surface area (Å²) in [5, 5.41) is 2.73. The zero-order valence-electron chi connectivity index (χ0n) is 17.4. The number of rotatable bonds is 1. The predicted octanol–water partition coefficient (Wildman–Crippen LogP) is 8.25. The number of hydrogen-bond donors (Lipinski definition) is 0. The van der Waals surface area contributed by atoms with Gasteiger partial charge in [0.1, 0.15) is 0 Å². The Hall–Kier alpha value is -2.86. The van der Waals surface area contributed by atoms with Gasteiger partial charge in [0.25, 0.3) is 0 Å². The van der Waals surface area contributed by atoms with Crippen LogP contribution in [0.4, 0.5) is 0 Å². The molecule has 0 fully saturated rings. The molecule has 0 unspecified atom stereocenters. The fourth-order valence-corrected chi connectivity index (χ4v) is 3.83. The first-order valence-electron chi connectivity index (χ1n) is 10.4. The van der Waals surface area contributed by atoms with Gasteiger partial charge in [0, 0.05) is 0 Å². The van der Waals surface area contributed by atoms with Crippen LogP contribution in [0.1, 0.15) is 50.3 Å². The summed E-state index contributed by atoms with van der Waals surface area (Å²) in [6.45, 7) is 8.48. The molecule has 0 saturated carbocycles. The maximum absolute atomic E-state index is 2.24. The average Bonchev–Trinajstić information content (AvgIpc) is 3.14. The molecule has 0 amide bonds. The highest BCUT2D eigenvalue weighted by Crippen LogP contribution is 2.35. The van der Waals surface area contributed by atoms with Crippen LogP contribution >= 0.6 is 0 Å². The van der Waals surface area contributed by atoms with Crippen LogP contribution in [-0.4, -0.2) is 0 Å². The second-order valence-electron chi connectivity index (χ2n) is 7.21. The van der Waals surface area contributed by atoms with Crippen molar-refractivity contribution in [2.24, 2.45) is 0 Å². The van der Waals surface area contributed by atoms with Crippen molar-refractivity contribution in [1.29, 1.82) is 0 Å². The fraction of sp³-hybridized carbons (Fsp3) is 0.214. The molecule has 1 aliphatic carbocycles. The molecule has 0 bridgehead atoms. The Morgan fingerprint density at radius 1 is 0.571 bits per heavy atom. The third-order valence-corrected chi connectivity index (χ3v) is 5.15. The monoisotopic (exact) mass is 366 g/mol. The number of benzene rings is 4. The van der Waals surface area contributed by atoms with E-state index in [-0.39, 0.29) is 0 Å². The van der Waals surface area contributed by atoms with E-state index in [1.165, 1.54) is 38.6 Å². The number of fused-ring (bicyclic) bond motifs is 4. The molecule has 1 aliphatic rings. The van der Waals surface area contributed by atoms with Gasteiger partial charge in [0.15, 0.2) is 0 Å². The molecule has 0 saturated heterocycles. The standard InChI is InChI=1S/C13H10.C13H14.C2H6/c1-3-7-12-10(5-1)9-11-6-2-4-8-13(11)12;1-10(2)12-9-5-7-11-6-3-4-8-13(11)12;1-2/h1-8H,9H2;3-10H,1-2H3;1-2H3. The minimum atomic E-state index is 0.603. The van der Waals surface area contributed by atoms with Gasteiger partial charge in [-0.25, -0.2) is 0 Å². The van der Waals surface area contributed by atoms with Gasteiger partial charge in [-0.1, -0.05) is 119 Å². The lowest BCUT2D eigenvalue weighted by molar-refractivity contribution is 0.876. The fourth-order valence-electron chi connectivity index (χ4n) is 3.83. The highest BCUT2D eigenvalue weighted by Gasteiger charge is 2.15. The Morgan fingerprint density at radius 3 is 1.68 bits per heavy atom. The van der Waals surface area contributed by atoms with Crippen LogP contribution in [0, 0.1) is 0 Å². The SMILES string of the molecule is CC.CC(C)c1cccc2ccccc12.c1ccc2c(c1)Cc1ccccc1-2. The van der Waals surface area contributed by atoms with Crippen LogP contribution in [0.15, 0.2) is 91.0 Å². The van der Waals surface area contributed by atoms with E-state index in [2.05, 4.69) is 105 Å². The smallest absolute Gasteiger partial charge is 0.00135 e. The van der Waals surface area contributed by atoms with Crippen LogP contribution in [0.3, 0.4) is 0 Å². The van der Waals surface area contributed by atoms with Crippen molar-refractivity contribution in [1.82, 2.24) is 0 Å². The van der Waals surface area contributed by atoms with Gasteiger partial charge < -0.3 is 0 Å². The maximum atomic E-state index is 2.24. The van der Waals surface area contributed by atoms with Crippen LogP contribution in [0.25, 0.3) is 21.9 Å². The van der Waals surface area contributed by atoms with Crippen molar-refractivity contribution in [2.45, 2.75) is 40.0 Å². The lowest BCUT2D eigenvalue weighted by Crippen LogP contribution is -1.88. The molecule has 0 heteroatoms. The van der Waals surface area contributed by atoms with Gasteiger partial charge in [0.05, 0.1) is 0 Å². The highest BCUT2D eigenvalue weighted by atomic mass is 14.2. The molecule has 0 aliphatic heterocycles. The Kier molecular flexibility index (Phi) is 6.66. The molecule has 0 heterocycles. The lowest BCUT2D eigenvalue weighted by atomic mass is 9.96. The minimum absolute atomic E-state index is 0.603. The van der Waals surface area contributed by atoms with Gasteiger partial charge >= 0.3 is 0 Å². The Bertz CT molecular complexity index is 992. The van der Waals surface area contributed by atoms with E-state index in [1.54, 1.807) is 0 Å². The van der Waals surface area contributed by atoms with Gasteiger partial charge in [-0.15, -0.1) is 0 Å². The molecule has 0 N–H and O–H groups in total. The molecule has 28 heavy (non-hydrogen) atoms. The average molecular weight is 367 g/mol. The molecule has 0 aromatic heterocycles. The molecule has 0 radical (unpaired) electrons. The topological polar surface area (TPSA) is 0 Å². The Balaban J connectivity index is 0.000000148. The van der Waals surface area contributed by atoms with Gasteiger partial charge in [0.2, 0.25) is 0 Å². The van der Waals surface area contributed by atoms with Crippen molar-refractivity contribution in [3.63, 3.8) is 0 Å². The van der Waals surface area contributed by atoms with E-state index in [9.17, 15) is 0 Å². The van der Waals surface area contributed by atoms with E-state index in [0.717, 1.165) is 6.42 Å². The second kappa shape index (κ2) is 9.37. The normalized spacial score (nSPS) is 11.0. The summed E-state index contributed by atoms with van der Waals surface area (Å²) in [5.74, 6) is 0.603. The maximum Gasteiger partial charge on any atom is -0.00135 e. The van der Waals surface area contributed by atoms with Gasteiger partial charge in [-0.05, 0) is 50.9 Å². The molecule has 0 atom stereocenters. The summed E-state index contributed by atoms with van der Waals surface area (Å²) in [5.41, 5.74) is 7.20.